The van der Waals surface area contributed by atoms with Gasteiger partial charge in [-0.25, -0.2) is 4.79 Å². The molecule has 2 saturated heterocycles. The van der Waals surface area contributed by atoms with Crippen molar-refractivity contribution in [2.45, 2.75) is 65.4 Å². The van der Waals surface area contributed by atoms with E-state index in [1.54, 1.807) is 4.90 Å². The third kappa shape index (κ3) is 7.12. The smallest absolute Gasteiger partial charge is 0.490 e. The first kappa shape index (κ1) is 28.9. The molecule has 2 fully saturated rings. The molecule has 0 saturated carbocycles. The zero-order valence-corrected chi connectivity index (χ0v) is 22.8. The predicted octanol–water partition coefficient (Wildman–Crippen LogP) is 5.52. The Morgan fingerprint density at radius 1 is 1.00 bits per heavy atom. The molecule has 2 aliphatic rings. The van der Waals surface area contributed by atoms with E-state index < -0.39 is 23.8 Å². The SMILES string of the molecule is Cc1ccc(CC(=O)N2CCC3(CC2)CCN(Cc2ccccc2OCC(C)C)C3OC(=O)C(F)(F)F)cc1. The molecular weight excluding hydrogens is 509 g/mol. The van der Waals surface area contributed by atoms with Crippen molar-refractivity contribution in [1.29, 1.82) is 0 Å². The average molecular weight is 547 g/mol. The first-order valence-electron chi connectivity index (χ1n) is 13.5. The molecule has 0 radical (unpaired) electrons. The van der Waals surface area contributed by atoms with Crippen molar-refractivity contribution in [3.8, 4) is 5.75 Å². The van der Waals surface area contributed by atoms with Crippen LogP contribution >= 0.6 is 0 Å². The lowest BCUT2D eigenvalue weighted by Crippen LogP contribution is -2.51. The summed E-state index contributed by atoms with van der Waals surface area (Å²) in [5.41, 5.74) is 2.21. The summed E-state index contributed by atoms with van der Waals surface area (Å²) < 4.78 is 51.0. The molecule has 1 atom stereocenters. The molecule has 0 aromatic heterocycles. The van der Waals surface area contributed by atoms with Crippen molar-refractivity contribution in [3.05, 3.63) is 65.2 Å². The van der Waals surface area contributed by atoms with Crippen LogP contribution in [0.4, 0.5) is 13.2 Å². The van der Waals surface area contributed by atoms with Gasteiger partial charge in [0.1, 0.15) is 5.75 Å². The molecule has 0 bridgehead atoms. The lowest BCUT2D eigenvalue weighted by Gasteiger charge is -2.43. The standard InChI is InChI=1S/C30H37F3N2O4/c1-21(2)20-38-25-7-5-4-6-24(25)19-35-17-14-29(27(35)39-28(37)30(31,32)33)12-15-34(16-13-29)26(36)18-23-10-8-22(3)9-11-23/h4-11,21,27H,12-20H2,1-3H3. The van der Waals surface area contributed by atoms with E-state index in [2.05, 4.69) is 0 Å². The number of alkyl halides is 3. The summed E-state index contributed by atoms with van der Waals surface area (Å²) >= 11 is 0. The van der Waals surface area contributed by atoms with Crippen molar-refractivity contribution >= 4 is 11.9 Å². The molecule has 0 aliphatic carbocycles. The number of piperidine rings is 1. The van der Waals surface area contributed by atoms with Crippen LogP contribution in [0.1, 0.15) is 49.8 Å². The number of hydrogen-bond donors (Lipinski definition) is 0. The van der Waals surface area contributed by atoms with Crippen LogP contribution < -0.4 is 4.74 Å². The van der Waals surface area contributed by atoms with Crippen LogP contribution in [0.25, 0.3) is 0 Å². The number of ether oxygens (including phenoxy) is 2. The van der Waals surface area contributed by atoms with Gasteiger partial charge in [0.25, 0.3) is 0 Å². The Hall–Kier alpha value is -3.07. The molecule has 9 heteroatoms. The van der Waals surface area contributed by atoms with E-state index in [1.807, 2.05) is 74.2 Å². The number of benzene rings is 2. The van der Waals surface area contributed by atoms with Gasteiger partial charge in [-0.3, -0.25) is 9.69 Å². The second kappa shape index (κ2) is 12.0. The Morgan fingerprint density at radius 3 is 2.28 bits per heavy atom. The zero-order chi connectivity index (χ0) is 28.2. The normalized spacial score (nSPS) is 19.5. The zero-order valence-electron chi connectivity index (χ0n) is 22.8. The van der Waals surface area contributed by atoms with Crippen LogP contribution in [-0.2, 0) is 27.3 Å². The number of amides is 1. The number of hydrogen-bond acceptors (Lipinski definition) is 5. The molecule has 4 rings (SSSR count). The molecule has 212 valence electrons. The minimum Gasteiger partial charge on any atom is -0.493 e. The maximum Gasteiger partial charge on any atom is 0.490 e. The summed E-state index contributed by atoms with van der Waals surface area (Å²) in [6.45, 7) is 8.17. The van der Waals surface area contributed by atoms with Gasteiger partial charge >= 0.3 is 12.1 Å². The molecule has 1 amide bonds. The highest BCUT2D eigenvalue weighted by Crippen LogP contribution is 2.47. The summed E-state index contributed by atoms with van der Waals surface area (Å²) in [6.07, 6.45) is -4.34. The Bertz CT molecular complexity index is 1140. The highest BCUT2D eigenvalue weighted by Gasteiger charge is 2.54. The highest BCUT2D eigenvalue weighted by molar-refractivity contribution is 5.79. The lowest BCUT2D eigenvalue weighted by molar-refractivity contribution is -0.220. The fraction of sp³-hybridized carbons (Fsp3) is 0.533. The van der Waals surface area contributed by atoms with E-state index in [1.165, 1.54) is 0 Å². The van der Waals surface area contributed by atoms with E-state index in [-0.39, 0.29) is 12.3 Å². The molecule has 2 aromatic rings. The molecule has 39 heavy (non-hydrogen) atoms. The number of esters is 1. The van der Waals surface area contributed by atoms with E-state index in [9.17, 15) is 22.8 Å². The average Bonchev–Trinajstić information content (AvgIpc) is 3.20. The van der Waals surface area contributed by atoms with Gasteiger partial charge in [0, 0.05) is 37.2 Å². The Kier molecular flexibility index (Phi) is 8.89. The summed E-state index contributed by atoms with van der Waals surface area (Å²) in [4.78, 5) is 28.6. The van der Waals surface area contributed by atoms with Crippen LogP contribution in [0.2, 0.25) is 0 Å². The first-order chi connectivity index (χ1) is 18.5. The monoisotopic (exact) mass is 546 g/mol. The topological polar surface area (TPSA) is 59.1 Å². The fourth-order valence-corrected chi connectivity index (χ4v) is 5.47. The number of para-hydroxylation sites is 1. The van der Waals surface area contributed by atoms with Crippen LogP contribution in [0.5, 0.6) is 5.75 Å². The highest BCUT2D eigenvalue weighted by atomic mass is 19.4. The van der Waals surface area contributed by atoms with Gasteiger partial charge in [-0.15, -0.1) is 0 Å². The van der Waals surface area contributed by atoms with Gasteiger partial charge < -0.3 is 14.4 Å². The minimum absolute atomic E-state index is 0.0105. The molecule has 1 unspecified atom stereocenters. The number of carbonyl (C=O) groups is 2. The fourth-order valence-electron chi connectivity index (χ4n) is 5.47. The lowest BCUT2D eigenvalue weighted by atomic mass is 9.76. The Morgan fingerprint density at radius 2 is 1.64 bits per heavy atom. The number of rotatable bonds is 8. The summed E-state index contributed by atoms with van der Waals surface area (Å²) in [5, 5.41) is 0. The van der Waals surface area contributed by atoms with Crippen LogP contribution in [-0.4, -0.2) is 60.3 Å². The van der Waals surface area contributed by atoms with Gasteiger partial charge in [0.05, 0.1) is 13.0 Å². The van der Waals surface area contributed by atoms with Crippen molar-refractivity contribution in [3.63, 3.8) is 0 Å². The molecule has 0 N–H and O–H groups in total. The second-order valence-corrected chi connectivity index (χ2v) is 11.2. The maximum atomic E-state index is 13.3. The van der Waals surface area contributed by atoms with Gasteiger partial charge in [-0.05, 0) is 43.7 Å². The second-order valence-electron chi connectivity index (χ2n) is 11.2. The number of aryl methyl sites for hydroxylation is 1. The van der Waals surface area contributed by atoms with E-state index >= 15 is 0 Å². The number of halogens is 3. The van der Waals surface area contributed by atoms with Crippen LogP contribution in [0, 0.1) is 18.3 Å². The molecule has 6 nitrogen and oxygen atoms in total. The van der Waals surface area contributed by atoms with Gasteiger partial charge in [-0.2, -0.15) is 13.2 Å². The third-order valence-electron chi connectivity index (χ3n) is 7.71. The third-order valence-corrected chi connectivity index (χ3v) is 7.71. The van der Waals surface area contributed by atoms with Crippen molar-refractivity contribution in [1.82, 2.24) is 9.80 Å². The molecule has 1 spiro atoms. The number of nitrogens with zero attached hydrogens (tertiary/aromatic N) is 2. The molecule has 2 aromatic carbocycles. The van der Waals surface area contributed by atoms with E-state index in [0.29, 0.717) is 63.7 Å². The quantitative estimate of drug-likeness (QED) is 0.408. The minimum atomic E-state index is -5.08. The van der Waals surface area contributed by atoms with E-state index in [0.717, 1.165) is 16.7 Å². The van der Waals surface area contributed by atoms with Crippen molar-refractivity contribution < 1.29 is 32.2 Å². The largest absolute Gasteiger partial charge is 0.493 e. The Labute approximate surface area is 228 Å². The van der Waals surface area contributed by atoms with Crippen molar-refractivity contribution in [2.75, 3.05) is 26.2 Å². The Balaban J connectivity index is 1.48. The molecule has 2 heterocycles. The molecular formula is C30H37F3N2O4. The summed E-state index contributed by atoms with van der Waals surface area (Å²) in [5.74, 6) is -1.21. The van der Waals surface area contributed by atoms with Crippen LogP contribution in [0.15, 0.2) is 48.5 Å². The summed E-state index contributed by atoms with van der Waals surface area (Å²) in [7, 11) is 0. The van der Waals surface area contributed by atoms with Crippen LogP contribution in [0.3, 0.4) is 0 Å². The van der Waals surface area contributed by atoms with Crippen molar-refractivity contribution in [2.24, 2.45) is 11.3 Å². The maximum absolute atomic E-state index is 13.3. The van der Waals surface area contributed by atoms with Gasteiger partial charge in [0.15, 0.2) is 6.23 Å². The number of likely N-dealkylation sites (tertiary alicyclic amines) is 2. The van der Waals surface area contributed by atoms with Gasteiger partial charge in [-0.1, -0.05) is 61.9 Å². The van der Waals surface area contributed by atoms with Gasteiger partial charge in [0.2, 0.25) is 5.91 Å². The predicted molar refractivity (Wildman–Crippen MR) is 141 cm³/mol. The summed E-state index contributed by atoms with van der Waals surface area (Å²) in [6, 6.07) is 15.2. The molecule has 2 aliphatic heterocycles. The van der Waals surface area contributed by atoms with E-state index in [4.69, 9.17) is 9.47 Å². The number of carbonyl (C=O) groups excluding carboxylic acids is 2. The first-order valence-corrected chi connectivity index (χ1v) is 13.5.